The predicted octanol–water partition coefficient (Wildman–Crippen LogP) is 2.89. The molecule has 1 saturated heterocycles. The molecule has 0 radical (unpaired) electrons. The standard InChI is InChI=1S/C11H15Cl2N3/c1-16-4-2-9(3-5-16)15-11-10(13)6-8(12)7-14-11/h6-7,9H,2-5H2,1H3,(H,14,15). The number of nitrogens with zero attached hydrogens (tertiary/aromatic N) is 2. The van der Waals surface area contributed by atoms with E-state index in [0.29, 0.717) is 16.1 Å². The van der Waals surface area contributed by atoms with Crippen LogP contribution in [0, 0.1) is 0 Å². The highest BCUT2D eigenvalue weighted by Crippen LogP contribution is 2.24. The van der Waals surface area contributed by atoms with Gasteiger partial charge in [0.25, 0.3) is 0 Å². The molecule has 2 rings (SSSR count). The van der Waals surface area contributed by atoms with Crippen molar-refractivity contribution < 1.29 is 0 Å². The van der Waals surface area contributed by atoms with Crippen molar-refractivity contribution in [1.29, 1.82) is 0 Å². The first-order valence-corrected chi connectivity index (χ1v) is 6.17. The summed E-state index contributed by atoms with van der Waals surface area (Å²) < 4.78 is 0. The number of hydrogen-bond donors (Lipinski definition) is 1. The number of aromatic nitrogens is 1. The number of nitrogens with one attached hydrogen (secondary N) is 1. The fraction of sp³-hybridized carbons (Fsp3) is 0.545. The van der Waals surface area contributed by atoms with Crippen molar-refractivity contribution in [2.45, 2.75) is 18.9 Å². The summed E-state index contributed by atoms with van der Waals surface area (Å²) in [6, 6.07) is 2.18. The number of hydrogen-bond acceptors (Lipinski definition) is 3. The summed E-state index contributed by atoms with van der Waals surface area (Å²) in [5.74, 6) is 0.737. The fourth-order valence-corrected chi connectivity index (χ4v) is 2.30. The van der Waals surface area contributed by atoms with Gasteiger partial charge in [-0.3, -0.25) is 0 Å². The van der Waals surface area contributed by atoms with Gasteiger partial charge >= 0.3 is 0 Å². The van der Waals surface area contributed by atoms with Crippen molar-refractivity contribution in [2.24, 2.45) is 0 Å². The number of piperidine rings is 1. The summed E-state index contributed by atoms with van der Waals surface area (Å²) >= 11 is 11.9. The molecule has 0 aliphatic carbocycles. The molecule has 1 aliphatic heterocycles. The fourth-order valence-electron chi connectivity index (χ4n) is 1.87. The average Bonchev–Trinajstić information content (AvgIpc) is 2.25. The lowest BCUT2D eigenvalue weighted by molar-refractivity contribution is 0.263. The number of anilines is 1. The van der Waals surface area contributed by atoms with Crippen LogP contribution in [0.5, 0.6) is 0 Å². The third kappa shape index (κ3) is 3.00. The molecule has 3 nitrogen and oxygen atoms in total. The lowest BCUT2D eigenvalue weighted by Gasteiger charge is -2.29. The summed E-state index contributed by atoms with van der Waals surface area (Å²) in [6.45, 7) is 2.23. The van der Waals surface area contributed by atoms with Gasteiger partial charge in [-0.2, -0.15) is 0 Å². The summed E-state index contributed by atoms with van der Waals surface area (Å²) in [4.78, 5) is 6.53. The maximum absolute atomic E-state index is 6.06. The Balaban J connectivity index is 1.98. The van der Waals surface area contributed by atoms with Crippen LogP contribution in [0.15, 0.2) is 12.3 Å². The van der Waals surface area contributed by atoms with E-state index < -0.39 is 0 Å². The van der Waals surface area contributed by atoms with E-state index in [1.807, 2.05) is 0 Å². The van der Waals surface area contributed by atoms with Gasteiger partial charge in [0.05, 0.1) is 10.0 Å². The molecule has 0 bridgehead atoms. The van der Waals surface area contributed by atoms with Crippen LogP contribution in [0.4, 0.5) is 5.82 Å². The van der Waals surface area contributed by atoms with Gasteiger partial charge in [-0.1, -0.05) is 23.2 Å². The van der Waals surface area contributed by atoms with Crippen molar-refractivity contribution in [1.82, 2.24) is 9.88 Å². The Kier molecular flexibility index (Phi) is 3.90. The van der Waals surface area contributed by atoms with E-state index in [1.54, 1.807) is 12.3 Å². The first-order valence-electron chi connectivity index (χ1n) is 5.41. The van der Waals surface area contributed by atoms with Crippen LogP contribution in [-0.4, -0.2) is 36.1 Å². The predicted molar refractivity (Wildman–Crippen MR) is 68.4 cm³/mol. The summed E-state index contributed by atoms with van der Waals surface area (Å²) in [5, 5.41) is 4.53. The molecule has 0 amide bonds. The average molecular weight is 260 g/mol. The zero-order chi connectivity index (χ0) is 11.5. The molecule has 0 atom stereocenters. The van der Waals surface area contributed by atoms with Crippen molar-refractivity contribution in [3.05, 3.63) is 22.3 Å². The first kappa shape index (κ1) is 12.0. The molecule has 1 fully saturated rings. The molecule has 0 spiro atoms. The lowest BCUT2D eigenvalue weighted by Crippen LogP contribution is -2.36. The third-order valence-electron chi connectivity index (χ3n) is 2.87. The van der Waals surface area contributed by atoms with E-state index in [2.05, 4.69) is 22.2 Å². The smallest absolute Gasteiger partial charge is 0.145 e. The molecule has 1 N–H and O–H groups in total. The van der Waals surface area contributed by atoms with Crippen LogP contribution in [0.3, 0.4) is 0 Å². The second-order valence-corrected chi connectivity index (χ2v) is 5.05. The van der Waals surface area contributed by atoms with Gasteiger partial charge in [-0.05, 0) is 39.0 Å². The normalized spacial score (nSPS) is 18.7. The van der Waals surface area contributed by atoms with E-state index in [0.717, 1.165) is 31.7 Å². The van der Waals surface area contributed by atoms with Crippen LogP contribution in [0.1, 0.15) is 12.8 Å². The highest BCUT2D eigenvalue weighted by Gasteiger charge is 2.17. The molecule has 5 heteroatoms. The minimum absolute atomic E-state index is 0.461. The van der Waals surface area contributed by atoms with Crippen LogP contribution in [0.2, 0.25) is 10.0 Å². The van der Waals surface area contributed by atoms with E-state index in [1.165, 1.54) is 0 Å². The van der Waals surface area contributed by atoms with Crippen molar-refractivity contribution in [3.63, 3.8) is 0 Å². The second-order valence-electron chi connectivity index (χ2n) is 4.21. The Bertz CT molecular complexity index is 362. The van der Waals surface area contributed by atoms with Gasteiger partial charge in [0.1, 0.15) is 5.82 Å². The Hall–Kier alpha value is -0.510. The maximum Gasteiger partial charge on any atom is 0.145 e. The summed E-state index contributed by atoms with van der Waals surface area (Å²) in [7, 11) is 2.14. The molecule has 1 aliphatic rings. The number of rotatable bonds is 2. The van der Waals surface area contributed by atoms with Gasteiger partial charge in [-0.15, -0.1) is 0 Å². The molecule has 0 unspecified atom stereocenters. The van der Waals surface area contributed by atoms with Crippen LogP contribution in [-0.2, 0) is 0 Å². The highest BCUT2D eigenvalue weighted by molar-refractivity contribution is 6.35. The molecule has 1 aromatic rings. The number of pyridine rings is 1. The second kappa shape index (κ2) is 5.21. The van der Waals surface area contributed by atoms with E-state index in [9.17, 15) is 0 Å². The zero-order valence-corrected chi connectivity index (χ0v) is 10.7. The Morgan fingerprint density at radius 2 is 2.06 bits per heavy atom. The molecule has 88 valence electrons. The van der Waals surface area contributed by atoms with Gasteiger partial charge in [-0.25, -0.2) is 4.98 Å². The number of likely N-dealkylation sites (tertiary alicyclic amines) is 1. The van der Waals surface area contributed by atoms with Gasteiger partial charge in [0.2, 0.25) is 0 Å². The summed E-state index contributed by atoms with van der Waals surface area (Å²) in [6.07, 6.45) is 3.86. The first-order chi connectivity index (χ1) is 7.65. The zero-order valence-electron chi connectivity index (χ0n) is 9.21. The topological polar surface area (TPSA) is 28.2 Å². The SMILES string of the molecule is CN1CCC(Nc2ncc(Cl)cc2Cl)CC1. The maximum atomic E-state index is 6.06. The molecule has 16 heavy (non-hydrogen) atoms. The molecular formula is C11H15Cl2N3. The Morgan fingerprint density at radius 1 is 1.38 bits per heavy atom. The van der Waals surface area contributed by atoms with Gasteiger partial charge in [0, 0.05) is 12.2 Å². The van der Waals surface area contributed by atoms with E-state index in [-0.39, 0.29) is 0 Å². The Labute approximate surface area is 106 Å². The van der Waals surface area contributed by atoms with Crippen molar-refractivity contribution in [3.8, 4) is 0 Å². The quantitative estimate of drug-likeness (QED) is 0.886. The third-order valence-corrected chi connectivity index (χ3v) is 3.36. The van der Waals surface area contributed by atoms with E-state index >= 15 is 0 Å². The van der Waals surface area contributed by atoms with Crippen molar-refractivity contribution in [2.75, 3.05) is 25.5 Å². The van der Waals surface area contributed by atoms with Gasteiger partial charge in [0.15, 0.2) is 0 Å². The van der Waals surface area contributed by atoms with Crippen LogP contribution in [0.25, 0.3) is 0 Å². The molecular weight excluding hydrogens is 245 g/mol. The Morgan fingerprint density at radius 3 is 2.69 bits per heavy atom. The monoisotopic (exact) mass is 259 g/mol. The molecule has 0 aromatic carbocycles. The van der Waals surface area contributed by atoms with Gasteiger partial charge < -0.3 is 10.2 Å². The molecule has 1 aromatic heterocycles. The highest BCUT2D eigenvalue weighted by atomic mass is 35.5. The minimum Gasteiger partial charge on any atom is -0.366 e. The largest absolute Gasteiger partial charge is 0.366 e. The minimum atomic E-state index is 0.461. The lowest BCUT2D eigenvalue weighted by atomic mass is 10.1. The molecule has 0 saturated carbocycles. The van der Waals surface area contributed by atoms with Crippen LogP contribution >= 0.6 is 23.2 Å². The molecule has 2 heterocycles. The van der Waals surface area contributed by atoms with Crippen LogP contribution < -0.4 is 5.32 Å². The number of halogens is 2. The van der Waals surface area contributed by atoms with E-state index in [4.69, 9.17) is 23.2 Å². The van der Waals surface area contributed by atoms with Crippen molar-refractivity contribution >= 4 is 29.0 Å². The summed E-state index contributed by atoms with van der Waals surface area (Å²) in [5.41, 5.74) is 0.